The second-order valence-corrected chi connectivity index (χ2v) is 4.54. The fourth-order valence-electron chi connectivity index (χ4n) is 1.24. The molecule has 0 aliphatic heterocycles. The lowest BCUT2D eigenvalue weighted by Gasteiger charge is -2.10. The summed E-state index contributed by atoms with van der Waals surface area (Å²) in [5.41, 5.74) is 0.597. The smallest absolute Gasteiger partial charge is 0.377 e. The van der Waals surface area contributed by atoms with Crippen LogP contribution in [0.4, 0.5) is 0 Å². The molecule has 0 atom stereocenters. The van der Waals surface area contributed by atoms with Crippen LogP contribution in [0.1, 0.15) is 35.7 Å². The molecule has 0 heterocycles. The van der Waals surface area contributed by atoms with Crippen LogP contribution >= 0.6 is 15.9 Å². The van der Waals surface area contributed by atoms with Crippen molar-refractivity contribution in [2.45, 2.75) is 19.8 Å². The van der Waals surface area contributed by atoms with Gasteiger partial charge in [-0.25, -0.2) is 4.79 Å². The molecule has 0 saturated heterocycles. The van der Waals surface area contributed by atoms with E-state index in [9.17, 15) is 14.7 Å². The Morgan fingerprint density at radius 3 is 2.31 bits per heavy atom. The summed E-state index contributed by atoms with van der Waals surface area (Å²) in [6.45, 7) is 3.82. The van der Waals surface area contributed by atoms with Crippen molar-refractivity contribution in [2.24, 2.45) is 0 Å². The Balaban J connectivity index is 3.38. The van der Waals surface area contributed by atoms with Gasteiger partial charge in [-0.05, 0) is 39.5 Å². The molecule has 0 aromatic heterocycles. The molecule has 4 nitrogen and oxygen atoms in total. The number of carbonyl (C=O) groups is 2. The topological polar surface area (TPSA) is 74.6 Å². The van der Waals surface area contributed by atoms with Crippen molar-refractivity contribution in [1.82, 2.24) is 0 Å². The fraction of sp³-hybridized carbons (Fsp3) is 0.273. The Hall–Kier alpha value is -1.36. The van der Waals surface area contributed by atoms with Gasteiger partial charge < -0.3 is 10.2 Å². The van der Waals surface area contributed by atoms with Crippen LogP contribution in [-0.2, 0) is 4.79 Å². The van der Waals surface area contributed by atoms with Gasteiger partial charge in [0.25, 0.3) is 5.78 Å². The average Bonchev–Trinajstić information content (AvgIpc) is 2.20. The highest BCUT2D eigenvalue weighted by molar-refractivity contribution is 9.10. The third-order valence-electron chi connectivity index (χ3n) is 2.19. The molecule has 86 valence electrons. The second kappa shape index (κ2) is 4.65. The minimum absolute atomic E-state index is 0.136. The molecule has 1 aromatic carbocycles. The van der Waals surface area contributed by atoms with Crippen molar-refractivity contribution in [3.05, 3.63) is 27.7 Å². The van der Waals surface area contributed by atoms with E-state index in [1.165, 1.54) is 6.07 Å². The maximum Gasteiger partial charge on any atom is 0.377 e. The van der Waals surface area contributed by atoms with E-state index in [4.69, 9.17) is 5.11 Å². The van der Waals surface area contributed by atoms with Crippen LogP contribution in [0.15, 0.2) is 16.6 Å². The Bertz CT molecular complexity index is 452. The van der Waals surface area contributed by atoms with Crippen LogP contribution in [0.3, 0.4) is 0 Å². The normalized spacial score (nSPS) is 10.5. The summed E-state index contributed by atoms with van der Waals surface area (Å²) in [6, 6.07) is 3.07. The van der Waals surface area contributed by atoms with Crippen molar-refractivity contribution < 1.29 is 19.8 Å². The standard InChI is InChI=1S/C11H11BrO4/c1-5(2)6-3-7(10(14)11(15)16)9(13)8(12)4-6/h3-5,13H,1-2H3,(H,15,16). The molecule has 0 fully saturated rings. The zero-order valence-electron chi connectivity index (χ0n) is 8.82. The van der Waals surface area contributed by atoms with Crippen molar-refractivity contribution in [1.29, 1.82) is 0 Å². The Morgan fingerprint density at radius 1 is 1.31 bits per heavy atom. The largest absolute Gasteiger partial charge is 0.506 e. The van der Waals surface area contributed by atoms with Crippen LogP contribution in [0.25, 0.3) is 0 Å². The first kappa shape index (κ1) is 12.7. The molecular weight excluding hydrogens is 276 g/mol. The quantitative estimate of drug-likeness (QED) is 0.661. The number of hydrogen-bond donors (Lipinski definition) is 2. The van der Waals surface area contributed by atoms with E-state index >= 15 is 0 Å². The zero-order valence-corrected chi connectivity index (χ0v) is 10.4. The molecule has 0 unspecified atom stereocenters. The highest BCUT2D eigenvalue weighted by Crippen LogP contribution is 2.32. The second-order valence-electron chi connectivity index (χ2n) is 3.69. The van der Waals surface area contributed by atoms with Crippen molar-refractivity contribution in [3.63, 3.8) is 0 Å². The number of carboxylic acid groups (broad SMARTS) is 1. The van der Waals surface area contributed by atoms with Crippen LogP contribution in [0.5, 0.6) is 5.75 Å². The predicted octanol–water partition coefficient (Wildman–Crippen LogP) is 2.55. The number of aromatic hydroxyl groups is 1. The lowest BCUT2D eigenvalue weighted by molar-refractivity contribution is -0.131. The molecule has 0 aliphatic rings. The number of carboxylic acids is 1. The van der Waals surface area contributed by atoms with E-state index in [-0.39, 0.29) is 17.2 Å². The van der Waals surface area contributed by atoms with Crippen molar-refractivity contribution in [3.8, 4) is 5.75 Å². The van der Waals surface area contributed by atoms with E-state index in [1.54, 1.807) is 6.07 Å². The number of carbonyl (C=O) groups excluding carboxylic acids is 1. The third kappa shape index (κ3) is 2.41. The van der Waals surface area contributed by atoms with Gasteiger partial charge >= 0.3 is 5.97 Å². The number of Topliss-reactive ketones (excluding diaryl/α,β-unsaturated/α-hetero) is 1. The van der Waals surface area contributed by atoms with E-state index in [0.717, 1.165) is 5.56 Å². The van der Waals surface area contributed by atoms with E-state index in [2.05, 4.69) is 15.9 Å². The fourth-order valence-corrected chi connectivity index (χ4v) is 1.72. The summed E-state index contributed by atoms with van der Waals surface area (Å²) in [6.07, 6.45) is 0. The molecule has 5 heteroatoms. The van der Waals surface area contributed by atoms with Gasteiger partial charge in [0.15, 0.2) is 0 Å². The van der Waals surface area contributed by atoms with Crippen molar-refractivity contribution in [2.75, 3.05) is 0 Å². The lowest BCUT2D eigenvalue weighted by Crippen LogP contribution is -2.13. The summed E-state index contributed by atoms with van der Waals surface area (Å²) in [4.78, 5) is 21.9. The number of benzene rings is 1. The average molecular weight is 287 g/mol. The zero-order chi connectivity index (χ0) is 12.5. The molecule has 0 bridgehead atoms. The number of halogens is 1. The number of rotatable bonds is 3. The van der Waals surface area contributed by atoms with Gasteiger partial charge in [0.2, 0.25) is 0 Å². The number of hydrogen-bond acceptors (Lipinski definition) is 3. The number of aliphatic carboxylic acids is 1. The van der Waals surface area contributed by atoms with Gasteiger partial charge in [0.1, 0.15) is 5.75 Å². The van der Waals surface area contributed by atoms with E-state index in [1.807, 2.05) is 13.8 Å². The summed E-state index contributed by atoms with van der Waals surface area (Å²) in [5, 5.41) is 18.2. The molecule has 0 aliphatic carbocycles. The first-order chi connectivity index (χ1) is 7.34. The van der Waals surface area contributed by atoms with Gasteiger partial charge in [-0.15, -0.1) is 0 Å². The molecule has 0 spiro atoms. The van der Waals surface area contributed by atoms with Gasteiger partial charge in [-0.1, -0.05) is 13.8 Å². The highest BCUT2D eigenvalue weighted by Gasteiger charge is 2.21. The minimum atomic E-state index is -1.58. The highest BCUT2D eigenvalue weighted by atomic mass is 79.9. The SMILES string of the molecule is CC(C)c1cc(Br)c(O)c(C(=O)C(=O)O)c1. The summed E-state index contributed by atoms with van der Waals surface area (Å²) >= 11 is 3.09. The minimum Gasteiger partial charge on any atom is -0.506 e. The molecule has 1 aromatic rings. The Morgan fingerprint density at radius 2 is 1.88 bits per heavy atom. The maximum absolute atomic E-state index is 11.3. The van der Waals surface area contributed by atoms with E-state index in [0.29, 0.717) is 4.47 Å². The molecule has 0 saturated carbocycles. The van der Waals surface area contributed by atoms with Gasteiger partial charge in [-0.3, -0.25) is 4.79 Å². The third-order valence-corrected chi connectivity index (χ3v) is 2.80. The summed E-state index contributed by atoms with van der Waals surface area (Å²) < 4.78 is 0.323. The monoisotopic (exact) mass is 286 g/mol. The summed E-state index contributed by atoms with van der Waals surface area (Å²) in [7, 11) is 0. The van der Waals surface area contributed by atoms with Crippen molar-refractivity contribution >= 4 is 27.7 Å². The van der Waals surface area contributed by atoms with Gasteiger partial charge in [0, 0.05) is 0 Å². The summed E-state index contributed by atoms with van der Waals surface area (Å²) in [5.74, 6) is -2.89. The molecule has 1 rings (SSSR count). The Kier molecular flexibility index (Phi) is 3.70. The van der Waals surface area contributed by atoms with Crippen LogP contribution < -0.4 is 0 Å². The first-order valence-corrected chi connectivity index (χ1v) is 5.44. The van der Waals surface area contributed by atoms with Gasteiger partial charge in [-0.2, -0.15) is 0 Å². The number of ketones is 1. The van der Waals surface area contributed by atoms with Crippen LogP contribution in [0.2, 0.25) is 0 Å². The maximum atomic E-state index is 11.3. The molecular formula is C11H11BrO4. The van der Waals surface area contributed by atoms with Gasteiger partial charge in [0.05, 0.1) is 10.0 Å². The van der Waals surface area contributed by atoms with Crippen LogP contribution in [-0.4, -0.2) is 22.0 Å². The molecule has 0 radical (unpaired) electrons. The van der Waals surface area contributed by atoms with E-state index < -0.39 is 11.8 Å². The number of phenolic OH excluding ortho intramolecular Hbond substituents is 1. The Labute approximate surface area is 101 Å². The van der Waals surface area contributed by atoms with Crippen LogP contribution in [0, 0.1) is 0 Å². The lowest BCUT2D eigenvalue weighted by atomic mass is 9.98. The molecule has 16 heavy (non-hydrogen) atoms. The molecule has 2 N–H and O–H groups in total. The first-order valence-electron chi connectivity index (χ1n) is 4.64. The predicted molar refractivity (Wildman–Crippen MR) is 61.9 cm³/mol. The number of phenols is 1. The molecule has 0 amide bonds.